The number of hydrogen-bond acceptors (Lipinski definition) is 7. The number of hydrogen-bond donors (Lipinski definition) is 0. The lowest BCUT2D eigenvalue weighted by Crippen LogP contribution is -2.48. The quantitative estimate of drug-likeness (QED) is 0.380. The SMILES string of the molecule is COc1cc(-n2cnc3cc(-c4ccc(Cl)cc4)sc3c2=O)ccc1OCC(=O)N1CCN(C)CC1. The summed E-state index contributed by atoms with van der Waals surface area (Å²) in [5, 5.41) is 0.658. The molecule has 0 spiro atoms. The van der Waals surface area contributed by atoms with E-state index in [4.69, 9.17) is 21.1 Å². The second-order valence-corrected chi connectivity index (χ2v) is 10.0. The molecule has 0 saturated carbocycles. The first-order valence-corrected chi connectivity index (χ1v) is 12.7. The fourth-order valence-corrected chi connectivity index (χ4v) is 5.24. The average molecular weight is 525 g/mol. The highest BCUT2D eigenvalue weighted by atomic mass is 35.5. The Kier molecular flexibility index (Phi) is 6.95. The van der Waals surface area contributed by atoms with Gasteiger partial charge in [0, 0.05) is 42.1 Å². The summed E-state index contributed by atoms with van der Waals surface area (Å²) in [4.78, 5) is 35.3. The highest BCUT2D eigenvalue weighted by molar-refractivity contribution is 7.22. The van der Waals surface area contributed by atoms with Crippen LogP contribution >= 0.6 is 22.9 Å². The van der Waals surface area contributed by atoms with Crippen molar-refractivity contribution in [2.45, 2.75) is 0 Å². The van der Waals surface area contributed by atoms with Crippen LogP contribution < -0.4 is 15.0 Å². The van der Waals surface area contributed by atoms with E-state index in [1.165, 1.54) is 29.3 Å². The summed E-state index contributed by atoms with van der Waals surface area (Å²) in [5.74, 6) is 0.806. The van der Waals surface area contributed by atoms with Crippen LogP contribution in [-0.4, -0.2) is 72.2 Å². The van der Waals surface area contributed by atoms with E-state index in [1.54, 1.807) is 23.1 Å². The summed E-state index contributed by atoms with van der Waals surface area (Å²) in [6.07, 6.45) is 1.51. The van der Waals surface area contributed by atoms with Crippen molar-refractivity contribution < 1.29 is 14.3 Å². The van der Waals surface area contributed by atoms with Crippen LogP contribution in [0.4, 0.5) is 0 Å². The maximum Gasteiger partial charge on any atom is 0.275 e. The predicted octanol–water partition coefficient (Wildman–Crippen LogP) is 3.93. The Morgan fingerprint density at radius 2 is 1.81 bits per heavy atom. The number of likely N-dealkylation sites (N-methyl/N-ethyl adjacent to an activating group) is 1. The number of ether oxygens (including phenoxy) is 2. The maximum atomic E-state index is 13.3. The van der Waals surface area contributed by atoms with Crippen molar-refractivity contribution in [3.05, 3.63) is 70.2 Å². The highest BCUT2D eigenvalue weighted by Crippen LogP contribution is 2.33. The first-order valence-electron chi connectivity index (χ1n) is 11.5. The van der Waals surface area contributed by atoms with Crippen LogP contribution in [0.15, 0.2) is 59.7 Å². The van der Waals surface area contributed by atoms with Crippen molar-refractivity contribution in [1.82, 2.24) is 19.4 Å². The number of amides is 1. The summed E-state index contributed by atoms with van der Waals surface area (Å²) in [6.45, 7) is 3.01. The van der Waals surface area contributed by atoms with Gasteiger partial charge in [0.25, 0.3) is 11.5 Å². The molecule has 0 N–H and O–H groups in total. The van der Waals surface area contributed by atoms with Gasteiger partial charge in [-0.05, 0) is 42.9 Å². The number of nitrogens with zero attached hydrogens (tertiary/aromatic N) is 4. The van der Waals surface area contributed by atoms with Gasteiger partial charge < -0.3 is 19.3 Å². The second kappa shape index (κ2) is 10.3. The summed E-state index contributed by atoms with van der Waals surface area (Å²) < 4.78 is 13.3. The number of rotatable bonds is 6. The van der Waals surface area contributed by atoms with Crippen LogP contribution in [0.2, 0.25) is 5.02 Å². The number of thiophene rings is 1. The molecule has 1 saturated heterocycles. The summed E-state index contributed by atoms with van der Waals surface area (Å²) >= 11 is 7.39. The third-order valence-corrected chi connectivity index (χ3v) is 7.61. The van der Waals surface area contributed by atoms with Gasteiger partial charge in [0.1, 0.15) is 11.0 Å². The zero-order chi connectivity index (χ0) is 25.2. The van der Waals surface area contributed by atoms with E-state index in [9.17, 15) is 9.59 Å². The minimum Gasteiger partial charge on any atom is -0.493 e. The number of fused-ring (bicyclic) bond motifs is 1. The molecule has 8 nitrogen and oxygen atoms in total. The number of halogens is 1. The molecular weight excluding hydrogens is 500 g/mol. The van der Waals surface area contributed by atoms with Gasteiger partial charge in [0.15, 0.2) is 18.1 Å². The second-order valence-electron chi connectivity index (χ2n) is 8.56. The van der Waals surface area contributed by atoms with Gasteiger partial charge in [0.05, 0.1) is 18.3 Å². The van der Waals surface area contributed by atoms with Crippen molar-refractivity contribution in [3.8, 4) is 27.6 Å². The van der Waals surface area contributed by atoms with E-state index < -0.39 is 0 Å². The fraction of sp³-hybridized carbons (Fsp3) is 0.269. The Hall–Kier alpha value is -3.40. The van der Waals surface area contributed by atoms with Crippen LogP contribution in [0, 0.1) is 0 Å². The number of methoxy groups -OCH3 is 1. The monoisotopic (exact) mass is 524 g/mol. The minimum atomic E-state index is -0.175. The standard InChI is InChI=1S/C26H25ClN4O4S/c1-29-9-11-30(12-10-29)24(32)15-35-21-8-7-19(13-22(21)34-2)31-16-28-20-14-23(36-25(20)26(31)33)17-3-5-18(27)6-4-17/h3-8,13-14,16H,9-12,15H2,1-2H3. The number of aromatic nitrogens is 2. The Bertz CT molecular complexity index is 1460. The Morgan fingerprint density at radius 1 is 1.06 bits per heavy atom. The van der Waals surface area contributed by atoms with Crippen molar-refractivity contribution >= 4 is 39.1 Å². The summed E-state index contributed by atoms with van der Waals surface area (Å²) in [5.41, 5.74) is 2.03. The molecule has 4 aromatic rings. The third kappa shape index (κ3) is 4.95. The topological polar surface area (TPSA) is 76.9 Å². The van der Waals surface area contributed by atoms with Crippen LogP contribution in [0.1, 0.15) is 0 Å². The molecule has 0 unspecified atom stereocenters. The maximum absolute atomic E-state index is 13.3. The van der Waals surface area contributed by atoms with Gasteiger partial charge in [-0.15, -0.1) is 11.3 Å². The molecular formula is C26H25ClN4O4S. The number of carbonyl (C=O) groups excluding carboxylic acids is 1. The van der Waals surface area contributed by atoms with E-state index in [0.29, 0.717) is 45.5 Å². The normalized spacial score (nSPS) is 14.2. The van der Waals surface area contributed by atoms with Crippen molar-refractivity contribution in [2.24, 2.45) is 0 Å². The van der Waals surface area contributed by atoms with E-state index in [1.807, 2.05) is 37.4 Å². The molecule has 36 heavy (non-hydrogen) atoms. The van der Waals surface area contributed by atoms with Gasteiger partial charge >= 0.3 is 0 Å². The van der Waals surface area contributed by atoms with Gasteiger partial charge in [-0.25, -0.2) is 4.98 Å². The van der Waals surface area contributed by atoms with E-state index in [-0.39, 0.29) is 18.1 Å². The molecule has 2 aromatic heterocycles. The molecule has 3 heterocycles. The van der Waals surface area contributed by atoms with Crippen LogP contribution in [-0.2, 0) is 4.79 Å². The average Bonchev–Trinajstić information content (AvgIpc) is 3.34. The molecule has 1 aliphatic heterocycles. The lowest BCUT2D eigenvalue weighted by molar-refractivity contribution is -0.134. The molecule has 0 bridgehead atoms. The van der Waals surface area contributed by atoms with Crippen molar-refractivity contribution in [2.75, 3.05) is 46.9 Å². The molecule has 5 rings (SSSR count). The number of piperazine rings is 1. The molecule has 186 valence electrons. The molecule has 2 aromatic carbocycles. The van der Waals surface area contributed by atoms with Crippen LogP contribution in [0.25, 0.3) is 26.3 Å². The van der Waals surface area contributed by atoms with E-state index >= 15 is 0 Å². The summed E-state index contributed by atoms with van der Waals surface area (Å²) in [7, 11) is 3.57. The van der Waals surface area contributed by atoms with E-state index in [0.717, 1.165) is 23.5 Å². The smallest absolute Gasteiger partial charge is 0.275 e. The largest absolute Gasteiger partial charge is 0.493 e. The lowest BCUT2D eigenvalue weighted by Gasteiger charge is -2.32. The Labute approximate surface area is 217 Å². The number of benzene rings is 2. The first kappa shape index (κ1) is 24.3. The summed E-state index contributed by atoms with van der Waals surface area (Å²) in [6, 6.07) is 14.6. The zero-order valence-corrected chi connectivity index (χ0v) is 21.5. The van der Waals surface area contributed by atoms with Crippen LogP contribution in [0.5, 0.6) is 11.5 Å². The predicted molar refractivity (Wildman–Crippen MR) is 142 cm³/mol. The van der Waals surface area contributed by atoms with Crippen molar-refractivity contribution in [1.29, 1.82) is 0 Å². The van der Waals surface area contributed by atoms with Gasteiger partial charge in [0.2, 0.25) is 0 Å². The first-order chi connectivity index (χ1) is 17.4. The van der Waals surface area contributed by atoms with E-state index in [2.05, 4.69) is 9.88 Å². The lowest BCUT2D eigenvalue weighted by atomic mass is 10.2. The number of carbonyl (C=O) groups is 1. The molecule has 1 aliphatic rings. The molecule has 1 fully saturated rings. The fourth-order valence-electron chi connectivity index (χ4n) is 4.06. The van der Waals surface area contributed by atoms with Gasteiger partial charge in [-0.3, -0.25) is 14.2 Å². The van der Waals surface area contributed by atoms with Gasteiger partial charge in [-0.1, -0.05) is 23.7 Å². The zero-order valence-electron chi connectivity index (χ0n) is 19.9. The highest BCUT2D eigenvalue weighted by Gasteiger charge is 2.20. The molecule has 0 atom stereocenters. The minimum absolute atomic E-state index is 0.0608. The van der Waals surface area contributed by atoms with Crippen molar-refractivity contribution in [3.63, 3.8) is 0 Å². The molecule has 0 aliphatic carbocycles. The molecule has 10 heteroatoms. The molecule has 1 amide bonds. The Morgan fingerprint density at radius 3 is 2.53 bits per heavy atom. The third-order valence-electron chi connectivity index (χ3n) is 6.20. The van der Waals surface area contributed by atoms with Gasteiger partial charge in [-0.2, -0.15) is 0 Å². The van der Waals surface area contributed by atoms with Crippen LogP contribution in [0.3, 0.4) is 0 Å². The Balaban J connectivity index is 1.37. The molecule has 0 radical (unpaired) electrons.